The molecule has 5 rings (SSSR count). The molecule has 0 amide bonds. The molecule has 3 heteroatoms. The van der Waals surface area contributed by atoms with Crippen molar-refractivity contribution in [3.8, 4) is 0 Å². The van der Waals surface area contributed by atoms with Crippen molar-refractivity contribution in [2.24, 2.45) is 7.05 Å². The number of hydrogen-bond donors (Lipinski definition) is 0. The van der Waals surface area contributed by atoms with E-state index in [4.69, 9.17) is 4.98 Å². The summed E-state index contributed by atoms with van der Waals surface area (Å²) in [4.78, 5) is 17.7. The zero-order chi connectivity index (χ0) is 16.3. The van der Waals surface area contributed by atoms with Gasteiger partial charge >= 0.3 is 0 Å². The Morgan fingerprint density at radius 3 is 2.33 bits per heavy atom. The van der Waals surface area contributed by atoms with E-state index in [0.717, 1.165) is 38.1 Å². The van der Waals surface area contributed by atoms with Gasteiger partial charge in [0, 0.05) is 23.2 Å². The number of hydrogen-bond acceptors (Lipinski definition) is 2. The van der Waals surface area contributed by atoms with Crippen molar-refractivity contribution in [2.75, 3.05) is 0 Å². The van der Waals surface area contributed by atoms with Crippen LogP contribution in [0.4, 0.5) is 0 Å². The second-order valence-corrected chi connectivity index (χ2v) is 6.12. The summed E-state index contributed by atoms with van der Waals surface area (Å²) in [7, 11) is 1.81. The topological polar surface area (TPSA) is 34.9 Å². The van der Waals surface area contributed by atoms with Crippen molar-refractivity contribution in [2.45, 2.75) is 0 Å². The molecule has 2 aromatic heterocycles. The second kappa shape index (κ2) is 4.65. The first-order valence-corrected chi connectivity index (χ1v) is 7.94. The Kier molecular flexibility index (Phi) is 2.57. The molecular formula is C21H14N2O. The molecule has 3 nitrogen and oxygen atoms in total. The molecule has 0 unspecified atom stereocenters. The molecule has 0 saturated heterocycles. The predicted molar refractivity (Wildman–Crippen MR) is 99.5 cm³/mol. The fraction of sp³-hybridized carbons (Fsp3) is 0.0476. The molecule has 0 aliphatic heterocycles. The maximum Gasteiger partial charge on any atom is 0.260 e. The lowest BCUT2D eigenvalue weighted by Gasteiger charge is -2.10. The van der Waals surface area contributed by atoms with Gasteiger partial charge in [-0.05, 0) is 17.5 Å². The lowest BCUT2D eigenvalue weighted by atomic mass is 10.0. The van der Waals surface area contributed by atoms with E-state index in [2.05, 4.69) is 18.2 Å². The van der Waals surface area contributed by atoms with E-state index in [0.29, 0.717) is 5.39 Å². The summed E-state index contributed by atoms with van der Waals surface area (Å²) < 4.78 is 1.70. The molecule has 0 radical (unpaired) electrons. The highest BCUT2D eigenvalue weighted by Gasteiger charge is 2.12. The van der Waals surface area contributed by atoms with E-state index < -0.39 is 0 Å². The standard InChI is InChI=1S/C21H14N2O/c1-23-18-9-5-4-8-16(18)20-17(21(23)24)12-14-11-10-13-6-2-3-7-15(13)19(14)22-20/h2-12H,1H3. The molecule has 5 aromatic rings. The van der Waals surface area contributed by atoms with Crippen LogP contribution in [0, 0.1) is 0 Å². The summed E-state index contributed by atoms with van der Waals surface area (Å²) in [6.45, 7) is 0. The molecule has 0 N–H and O–H groups in total. The van der Waals surface area contributed by atoms with E-state index >= 15 is 0 Å². The van der Waals surface area contributed by atoms with Crippen LogP contribution in [0.2, 0.25) is 0 Å². The van der Waals surface area contributed by atoms with Gasteiger partial charge in [-0.2, -0.15) is 0 Å². The van der Waals surface area contributed by atoms with Crippen LogP contribution in [0.5, 0.6) is 0 Å². The van der Waals surface area contributed by atoms with Crippen LogP contribution >= 0.6 is 0 Å². The van der Waals surface area contributed by atoms with Crippen molar-refractivity contribution in [1.29, 1.82) is 0 Å². The Labute approximate surface area is 137 Å². The monoisotopic (exact) mass is 310 g/mol. The van der Waals surface area contributed by atoms with Gasteiger partial charge in [-0.25, -0.2) is 4.98 Å². The van der Waals surface area contributed by atoms with Crippen molar-refractivity contribution < 1.29 is 0 Å². The zero-order valence-electron chi connectivity index (χ0n) is 13.2. The SMILES string of the molecule is Cn1c(=O)c2cc3ccc4ccccc4c3nc2c2ccccc21. The first kappa shape index (κ1) is 13.3. The summed E-state index contributed by atoms with van der Waals surface area (Å²) in [5.41, 5.74) is 2.62. The van der Waals surface area contributed by atoms with Gasteiger partial charge in [0.15, 0.2) is 0 Å². The predicted octanol–water partition coefficient (Wildman–Crippen LogP) is 4.39. The molecule has 0 saturated carbocycles. The van der Waals surface area contributed by atoms with Crippen LogP contribution in [0.25, 0.3) is 43.5 Å². The van der Waals surface area contributed by atoms with E-state index in [9.17, 15) is 4.79 Å². The minimum Gasteiger partial charge on any atom is -0.311 e. The third kappa shape index (κ3) is 1.67. The Morgan fingerprint density at radius 2 is 1.46 bits per heavy atom. The zero-order valence-corrected chi connectivity index (χ0v) is 13.2. The van der Waals surface area contributed by atoms with Crippen molar-refractivity contribution in [3.05, 3.63) is 77.1 Å². The van der Waals surface area contributed by atoms with E-state index in [1.807, 2.05) is 55.6 Å². The fourth-order valence-electron chi connectivity index (χ4n) is 3.53. The van der Waals surface area contributed by atoms with Crippen LogP contribution in [-0.4, -0.2) is 9.55 Å². The molecule has 24 heavy (non-hydrogen) atoms. The lowest BCUT2D eigenvalue weighted by Crippen LogP contribution is -2.17. The Bertz CT molecular complexity index is 1330. The van der Waals surface area contributed by atoms with Gasteiger partial charge in [0.25, 0.3) is 5.56 Å². The molecule has 114 valence electrons. The lowest BCUT2D eigenvalue weighted by molar-refractivity contribution is 0.918. The Balaban J connectivity index is 2.11. The van der Waals surface area contributed by atoms with Crippen molar-refractivity contribution in [1.82, 2.24) is 9.55 Å². The molecule has 0 spiro atoms. The van der Waals surface area contributed by atoms with E-state index in [-0.39, 0.29) is 5.56 Å². The number of fused-ring (bicyclic) bond motifs is 6. The number of benzene rings is 3. The Morgan fingerprint density at radius 1 is 0.750 bits per heavy atom. The van der Waals surface area contributed by atoms with Crippen LogP contribution in [0.1, 0.15) is 0 Å². The van der Waals surface area contributed by atoms with Gasteiger partial charge in [-0.3, -0.25) is 4.79 Å². The van der Waals surface area contributed by atoms with Crippen molar-refractivity contribution in [3.63, 3.8) is 0 Å². The average molecular weight is 310 g/mol. The highest BCUT2D eigenvalue weighted by Crippen LogP contribution is 2.28. The average Bonchev–Trinajstić information content (AvgIpc) is 2.65. The fourth-order valence-corrected chi connectivity index (χ4v) is 3.53. The normalized spacial score (nSPS) is 11.7. The van der Waals surface area contributed by atoms with Gasteiger partial charge < -0.3 is 4.57 Å². The van der Waals surface area contributed by atoms with Crippen molar-refractivity contribution >= 4 is 43.5 Å². The molecule has 0 bridgehead atoms. The van der Waals surface area contributed by atoms with E-state index in [1.165, 1.54) is 0 Å². The van der Waals surface area contributed by atoms with Crippen LogP contribution in [-0.2, 0) is 7.05 Å². The second-order valence-electron chi connectivity index (χ2n) is 6.12. The van der Waals surface area contributed by atoms with Crippen LogP contribution in [0.3, 0.4) is 0 Å². The third-order valence-corrected chi connectivity index (χ3v) is 4.77. The minimum absolute atomic E-state index is 0.00809. The Hall–Kier alpha value is -3.20. The first-order chi connectivity index (χ1) is 11.7. The van der Waals surface area contributed by atoms with Crippen LogP contribution < -0.4 is 5.56 Å². The highest BCUT2D eigenvalue weighted by molar-refractivity contribution is 6.12. The summed E-state index contributed by atoms with van der Waals surface area (Å²) in [5, 5.41) is 4.93. The molecular weight excluding hydrogens is 296 g/mol. The van der Waals surface area contributed by atoms with Gasteiger partial charge in [-0.1, -0.05) is 54.6 Å². The van der Waals surface area contributed by atoms with Crippen LogP contribution in [0.15, 0.2) is 71.5 Å². The van der Waals surface area contributed by atoms with Gasteiger partial charge in [0.1, 0.15) is 0 Å². The molecule has 0 aliphatic rings. The molecule has 0 atom stereocenters. The number of nitrogens with zero attached hydrogens (tertiary/aromatic N) is 2. The number of aromatic nitrogens is 2. The molecule has 0 fully saturated rings. The maximum absolute atomic E-state index is 12.8. The number of para-hydroxylation sites is 1. The summed E-state index contributed by atoms with van der Waals surface area (Å²) in [6, 6.07) is 22.2. The van der Waals surface area contributed by atoms with Gasteiger partial charge in [0.05, 0.1) is 21.9 Å². The number of pyridine rings is 2. The third-order valence-electron chi connectivity index (χ3n) is 4.77. The maximum atomic E-state index is 12.8. The van der Waals surface area contributed by atoms with E-state index in [1.54, 1.807) is 4.57 Å². The first-order valence-electron chi connectivity index (χ1n) is 7.94. The largest absolute Gasteiger partial charge is 0.311 e. The number of rotatable bonds is 0. The minimum atomic E-state index is -0.00809. The molecule has 3 aromatic carbocycles. The summed E-state index contributed by atoms with van der Waals surface area (Å²) in [5.74, 6) is 0. The van der Waals surface area contributed by atoms with Gasteiger partial charge in [0.2, 0.25) is 0 Å². The quantitative estimate of drug-likeness (QED) is 0.314. The summed E-state index contributed by atoms with van der Waals surface area (Å²) in [6.07, 6.45) is 0. The smallest absolute Gasteiger partial charge is 0.260 e. The van der Waals surface area contributed by atoms with Gasteiger partial charge in [-0.15, -0.1) is 0 Å². The molecule has 0 aliphatic carbocycles. The highest BCUT2D eigenvalue weighted by atomic mass is 16.1. The molecule has 2 heterocycles. The number of aryl methyl sites for hydroxylation is 1. The summed E-state index contributed by atoms with van der Waals surface area (Å²) >= 11 is 0.